The number of nitrogen functional groups attached to an aromatic ring is 1. The van der Waals surface area contributed by atoms with Gasteiger partial charge in [0.05, 0.1) is 31.7 Å². The van der Waals surface area contributed by atoms with E-state index in [0.717, 1.165) is 10.6 Å². The lowest BCUT2D eigenvalue weighted by atomic mass is 10.1. The number of imidazole rings is 1. The van der Waals surface area contributed by atoms with Gasteiger partial charge in [-0.1, -0.05) is 0 Å². The highest BCUT2D eigenvalue weighted by Crippen LogP contribution is 2.63. The maximum absolute atomic E-state index is 14.2. The summed E-state index contributed by atoms with van der Waals surface area (Å²) in [5, 5.41) is 20.9. The molecule has 1 unspecified atom stereocenters. The van der Waals surface area contributed by atoms with Crippen molar-refractivity contribution in [2.45, 2.75) is 69.3 Å². The summed E-state index contributed by atoms with van der Waals surface area (Å²) < 4.78 is 55.8. The predicted octanol–water partition coefficient (Wildman–Crippen LogP) is 0.274. The fourth-order valence-electron chi connectivity index (χ4n) is 4.98. The summed E-state index contributed by atoms with van der Waals surface area (Å²) in [5.74, 6) is -0.375. The number of aliphatic hydroxyl groups excluding tert-OH is 2. The van der Waals surface area contributed by atoms with Crippen molar-refractivity contribution in [3.8, 4) is 0 Å². The molecule has 5 rings (SSSR count). The highest BCUT2D eigenvalue weighted by molar-refractivity contribution is 8.55. The Bertz CT molecular complexity index is 1720. The van der Waals surface area contributed by atoms with Crippen LogP contribution < -0.4 is 17.0 Å². The first-order chi connectivity index (χ1) is 22.4. The first-order valence-electron chi connectivity index (χ1n) is 14.2. The molecule has 2 fully saturated rings. The van der Waals surface area contributed by atoms with E-state index in [1.54, 1.807) is 18.4 Å². The van der Waals surface area contributed by atoms with Gasteiger partial charge in [-0.25, -0.2) is 29.1 Å². The van der Waals surface area contributed by atoms with Crippen LogP contribution in [0.1, 0.15) is 32.7 Å². The number of methoxy groups -OCH3 is 1. The predicted molar refractivity (Wildman–Crippen MR) is 161 cm³/mol. The van der Waals surface area contributed by atoms with Gasteiger partial charge in [0.25, 0.3) is 5.56 Å². The molecule has 47 heavy (non-hydrogen) atoms. The van der Waals surface area contributed by atoms with Gasteiger partial charge in [-0.15, -0.1) is 0 Å². The lowest BCUT2D eigenvalue weighted by Crippen LogP contribution is -2.39. The van der Waals surface area contributed by atoms with Crippen LogP contribution in [0.5, 0.6) is 0 Å². The Balaban J connectivity index is 1.34. The van der Waals surface area contributed by atoms with Crippen LogP contribution in [0.3, 0.4) is 0 Å². The standard InChI is InChI=1S/C25H34N7O13PS/c1-12(2)42-25(37)40-11-47-46(38,45-19-14(7-33)44-23(20(19)39-3)31-5-4-16(35)30-24(31)36)41-8-15-13(34)6-17(43-15)32-10-29-18-21(26)27-9-28-22(18)32/h4-5,9-10,12-15,17,19-20,23,33-34H,6-8,11H2,1-3H3,(H2,26,27,28)(H,30,35,36)/t13-,14+,15+,17+,19+,20+,23+,46?/m0/s1/i47+3. The Morgan fingerprint density at radius 1 is 1.21 bits per heavy atom. The Labute approximate surface area is 269 Å². The third-order valence-electron chi connectivity index (χ3n) is 7.13. The van der Waals surface area contributed by atoms with Gasteiger partial charge in [-0.3, -0.25) is 28.0 Å². The number of anilines is 1. The third kappa shape index (κ3) is 7.85. The number of hydrogen-bond donors (Lipinski definition) is 4. The Morgan fingerprint density at radius 2 is 2.00 bits per heavy atom. The molecule has 258 valence electrons. The molecule has 2 saturated heterocycles. The van der Waals surface area contributed by atoms with Gasteiger partial charge in [0, 0.05) is 37.2 Å². The summed E-state index contributed by atoms with van der Waals surface area (Å²) in [6, 6.07) is 1.09. The number of aliphatic hydroxyl groups is 2. The minimum absolute atomic E-state index is 0.0935. The van der Waals surface area contributed by atoms with E-state index in [0.29, 0.717) is 22.5 Å². The molecule has 2 aliphatic heterocycles. The fraction of sp³-hybridized carbons (Fsp3) is 0.600. The number of nitrogens with two attached hydrogens (primary N) is 1. The Morgan fingerprint density at radius 3 is 2.70 bits per heavy atom. The molecule has 5 N–H and O–H groups in total. The topological polar surface area (TPSA) is 264 Å². The number of H-pyrrole nitrogens is 1. The van der Waals surface area contributed by atoms with E-state index in [1.165, 1.54) is 26.0 Å². The molecular formula is C25H34N7O13PS. The van der Waals surface area contributed by atoms with E-state index < -0.39 is 92.4 Å². The van der Waals surface area contributed by atoms with Crippen LogP contribution in [0, 0.1) is 0 Å². The second-order valence-electron chi connectivity index (χ2n) is 10.6. The highest BCUT2D eigenvalue weighted by Gasteiger charge is 2.51. The number of aromatic nitrogens is 6. The minimum Gasteiger partial charge on any atom is -0.432 e. The minimum atomic E-state index is -4.38. The smallest absolute Gasteiger partial charge is 0.432 e. The van der Waals surface area contributed by atoms with E-state index in [4.69, 9.17) is 38.5 Å². The van der Waals surface area contributed by atoms with E-state index in [2.05, 4.69) is 19.9 Å². The Kier molecular flexibility index (Phi) is 11.0. The average Bonchev–Trinajstić information content (AvgIpc) is 3.71. The van der Waals surface area contributed by atoms with E-state index in [9.17, 15) is 29.2 Å². The molecule has 0 aliphatic carbocycles. The molecule has 0 bridgehead atoms. The van der Waals surface area contributed by atoms with E-state index in [-0.39, 0.29) is 12.2 Å². The number of hydrogen-bond acceptors (Lipinski definition) is 18. The van der Waals surface area contributed by atoms with Gasteiger partial charge < -0.3 is 39.6 Å². The second kappa shape index (κ2) is 14.8. The molecule has 0 radical (unpaired) electrons. The lowest BCUT2D eigenvalue weighted by Gasteiger charge is -2.28. The van der Waals surface area contributed by atoms with Crippen LogP contribution >= 0.6 is 18.2 Å². The molecule has 8 atom stereocenters. The van der Waals surface area contributed by atoms with Crippen LogP contribution in [0.4, 0.5) is 10.6 Å². The number of nitrogens with zero attached hydrogens (tertiary/aromatic N) is 5. The SMILES string of the molecule is CO[C@@H]1[C@H](OP(=O)(OC[C@H]2O[C@@H](n3cnc4c(N)ncnc43)C[C@@H]2O)[35S]COC(=O)OC(C)C)[C@@H](CO)O[C@H]1n1ccc(=O)[nH]c1=O. The van der Waals surface area contributed by atoms with Crippen LogP contribution in [0.25, 0.3) is 11.2 Å². The molecule has 2 aliphatic rings. The monoisotopic (exact) mass is 706 g/mol. The molecule has 22 heteroatoms. The van der Waals surface area contributed by atoms with Crippen LogP contribution in [0.2, 0.25) is 0 Å². The molecule has 3 aromatic rings. The van der Waals surface area contributed by atoms with Crippen LogP contribution in [-0.2, 0) is 37.3 Å². The molecule has 0 amide bonds. The first kappa shape index (κ1) is 34.9. The maximum Gasteiger partial charge on any atom is 0.509 e. The maximum atomic E-state index is 14.2. The summed E-state index contributed by atoms with van der Waals surface area (Å²) in [5.41, 5.74) is 5.13. The van der Waals surface area contributed by atoms with Gasteiger partial charge in [-0.05, 0) is 13.8 Å². The van der Waals surface area contributed by atoms with Crippen molar-refractivity contribution in [2.75, 3.05) is 32.0 Å². The van der Waals surface area contributed by atoms with Crippen molar-refractivity contribution in [3.63, 3.8) is 0 Å². The van der Waals surface area contributed by atoms with Crippen LogP contribution in [-0.4, -0.2) is 108 Å². The normalized spacial score (nSPS) is 27.3. The summed E-state index contributed by atoms with van der Waals surface area (Å²) in [6.45, 7) is -2.26. The van der Waals surface area contributed by atoms with Gasteiger partial charge in [0.15, 0.2) is 23.6 Å². The number of aromatic amines is 1. The Hall–Kier alpha value is -3.40. The number of carbonyl (C=O) groups excluding carboxylic acids is 1. The summed E-state index contributed by atoms with van der Waals surface area (Å²) in [6.07, 6.45) is -5.23. The quantitative estimate of drug-likeness (QED) is 0.106. The van der Waals surface area contributed by atoms with Gasteiger partial charge in [-0.2, -0.15) is 0 Å². The third-order valence-corrected chi connectivity index (χ3v) is 10.5. The largest absolute Gasteiger partial charge is 0.509 e. The molecule has 3 aromatic heterocycles. The number of ether oxygens (including phenoxy) is 5. The molecule has 20 nitrogen and oxygen atoms in total. The zero-order chi connectivity index (χ0) is 33.9. The fourth-order valence-corrected chi connectivity index (χ4v) is 7.77. The van der Waals surface area contributed by atoms with E-state index in [1.807, 2.05) is 0 Å². The van der Waals surface area contributed by atoms with Gasteiger partial charge in [0.1, 0.15) is 42.5 Å². The summed E-state index contributed by atoms with van der Waals surface area (Å²) in [7, 11) is 1.28. The highest BCUT2D eigenvalue weighted by atomic mass is 35.3. The average molecular weight is 707 g/mol. The van der Waals surface area contributed by atoms with Crippen molar-refractivity contribution < 1.29 is 52.3 Å². The zero-order valence-electron chi connectivity index (χ0n) is 25.3. The van der Waals surface area contributed by atoms with Crippen molar-refractivity contribution >= 4 is 41.3 Å². The summed E-state index contributed by atoms with van der Waals surface area (Å²) >= 11 is 0.476. The lowest BCUT2D eigenvalue weighted by molar-refractivity contribution is -0.0625. The van der Waals surface area contributed by atoms with E-state index >= 15 is 0 Å². The van der Waals surface area contributed by atoms with Gasteiger partial charge in [0.2, 0.25) is 0 Å². The number of nitrogens with one attached hydrogen (secondary N) is 1. The first-order valence-corrected chi connectivity index (χ1v) is 17.3. The van der Waals surface area contributed by atoms with Crippen LogP contribution in [0.15, 0.2) is 34.5 Å². The van der Waals surface area contributed by atoms with Crippen molar-refractivity contribution in [1.82, 2.24) is 29.1 Å². The van der Waals surface area contributed by atoms with Crippen molar-refractivity contribution in [2.24, 2.45) is 0 Å². The number of fused-ring (bicyclic) bond motifs is 1. The van der Waals surface area contributed by atoms with Gasteiger partial charge >= 0.3 is 18.6 Å². The molecule has 0 aromatic carbocycles. The summed E-state index contributed by atoms with van der Waals surface area (Å²) in [4.78, 5) is 50.5. The molecule has 0 saturated carbocycles. The zero-order valence-corrected chi connectivity index (χ0v) is 27.0. The van der Waals surface area contributed by atoms with Crippen molar-refractivity contribution in [3.05, 3.63) is 45.8 Å². The number of rotatable bonds is 13. The molecule has 0 spiro atoms. The number of carbonyl (C=O) groups is 1. The second-order valence-corrected chi connectivity index (χ2v) is 14.6. The van der Waals surface area contributed by atoms with Crippen molar-refractivity contribution in [1.29, 1.82) is 0 Å². The molecular weight excluding hydrogens is 672 g/mol. The molecule has 5 heterocycles.